The molecule has 1 saturated heterocycles. The van der Waals surface area contributed by atoms with Crippen molar-refractivity contribution in [1.82, 2.24) is 5.32 Å². The number of benzene rings is 3. The first-order chi connectivity index (χ1) is 17.3. The van der Waals surface area contributed by atoms with Crippen LogP contribution in [0.2, 0.25) is 10.0 Å². The molecule has 3 aromatic carbocycles. The summed E-state index contributed by atoms with van der Waals surface area (Å²) in [5, 5.41) is 10.0. The molecule has 0 aromatic heterocycles. The topological polar surface area (TPSA) is 88.7 Å². The molecular weight excluding hydrogens is 521 g/mol. The number of methoxy groups -OCH3 is 1. The van der Waals surface area contributed by atoms with E-state index in [0.29, 0.717) is 32.1 Å². The van der Waals surface area contributed by atoms with Gasteiger partial charge in [0, 0.05) is 10.7 Å². The van der Waals surface area contributed by atoms with E-state index in [4.69, 9.17) is 32.7 Å². The zero-order valence-electron chi connectivity index (χ0n) is 19.4. The molecule has 4 rings (SSSR count). The van der Waals surface area contributed by atoms with Crippen molar-refractivity contribution in [2.75, 3.05) is 24.4 Å². The number of thioether (sulfide) groups is 1. The first-order valence-corrected chi connectivity index (χ1v) is 12.5. The van der Waals surface area contributed by atoms with Gasteiger partial charge in [0.15, 0.2) is 23.6 Å². The van der Waals surface area contributed by atoms with E-state index in [1.165, 1.54) is 18.9 Å². The fraction of sp³-hybridized carbons (Fsp3) is 0.154. The molecular formula is C26H23Cl2N3O4S. The van der Waals surface area contributed by atoms with Crippen molar-refractivity contribution in [2.24, 2.45) is 0 Å². The van der Waals surface area contributed by atoms with Crippen LogP contribution in [0.1, 0.15) is 11.1 Å². The summed E-state index contributed by atoms with van der Waals surface area (Å²) in [6.45, 7) is 1.72. The van der Waals surface area contributed by atoms with E-state index in [9.17, 15) is 9.59 Å². The van der Waals surface area contributed by atoms with E-state index in [2.05, 4.69) is 16.0 Å². The van der Waals surface area contributed by atoms with Crippen LogP contribution in [0.25, 0.3) is 6.08 Å². The Morgan fingerprint density at radius 3 is 2.64 bits per heavy atom. The molecule has 1 unspecified atom stereocenters. The smallest absolute Gasteiger partial charge is 0.262 e. The number of anilines is 2. The van der Waals surface area contributed by atoms with Gasteiger partial charge < -0.3 is 25.4 Å². The highest BCUT2D eigenvalue weighted by atomic mass is 35.5. The molecule has 0 radical (unpaired) electrons. The van der Waals surface area contributed by atoms with E-state index in [1.54, 1.807) is 54.6 Å². The van der Waals surface area contributed by atoms with Crippen LogP contribution in [0.3, 0.4) is 0 Å². The highest BCUT2D eigenvalue weighted by Gasteiger charge is 2.27. The van der Waals surface area contributed by atoms with E-state index in [1.807, 2.05) is 19.1 Å². The van der Waals surface area contributed by atoms with Crippen LogP contribution >= 0.6 is 35.0 Å². The number of rotatable bonds is 8. The fourth-order valence-electron chi connectivity index (χ4n) is 3.43. The van der Waals surface area contributed by atoms with Crippen LogP contribution in [0, 0.1) is 6.92 Å². The van der Waals surface area contributed by atoms with Gasteiger partial charge in [0.2, 0.25) is 0 Å². The SMILES string of the molecule is COc1cc(/C=C2\SC(Nc3ccc(Cl)cc3C)NC2=O)ccc1OCC(=O)Nc1ccccc1Cl. The quantitative estimate of drug-likeness (QED) is 0.305. The Kier molecular flexibility index (Phi) is 8.30. The Labute approximate surface area is 223 Å². The summed E-state index contributed by atoms with van der Waals surface area (Å²) in [6, 6.07) is 17.7. The first-order valence-electron chi connectivity index (χ1n) is 10.9. The lowest BCUT2D eigenvalue weighted by molar-refractivity contribution is -0.118. The maximum absolute atomic E-state index is 12.5. The maximum Gasteiger partial charge on any atom is 0.262 e. The third-order valence-electron chi connectivity index (χ3n) is 5.20. The van der Waals surface area contributed by atoms with Crippen LogP contribution in [0.15, 0.2) is 65.6 Å². The minimum atomic E-state index is -0.357. The minimum Gasteiger partial charge on any atom is -0.493 e. The Morgan fingerprint density at radius 1 is 1.08 bits per heavy atom. The number of aryl methyl sites for hydroxylation is 1. The van der Waals surface area contributed by atoms with Gasteiger partial charge in [0.25, 0.3) is 11.8 Å². The van der Waals surface area contributed by atoms with E-state index >= 15 is 0 Å². The molecule has 0 aliphatic carbocycles. The summed E-state index contributed by atoms with van der Waals surface area (Å²) in [4.78, 5) is 25.3. The Morgan fingerprint density at radius 2 is 1.89 bits per heavy atom. The van der Waals surface area contributed by atoms with E-state index in [-0.39, 0.29) is 23.9 Å². The molecule has 186 valence electrons. The average Bonchev–Trinajstić information content (AvgIpc) is 3.19. The monoisotopic (exact) mass is 543 g/mol. The van der Waals surface area contributed by atoms with Gasteiger partial charge in [-0.15, -0.1) is 0 Å². The van der Waals surface area contributed by atoms with Gasteiger partial charge in [-0.25, -0.2) is 0 Å². The molecule has 3 aromatic rings. The standard InChI is InChI=1S/C26H23Cl2N3O4S/c1-15-11-17(27)8-9-19(15)30-26-31-25(33)23(36-26)13-16-7-10-21(22(12-16)34-2)35-14-24(32)29-20-6-4-3-5-18(20)28/h3-13,26,30H,14H2,1-2H3,(H,29,32)(H,31,33)/b23-13-. The van der Waals surface area contributed by atoms with Crippen molar-refractivity contribution in [3.8, 4) is 11.5 Å². The largest absolute Gasteiger partial charge is 0.493 e. The number of hydrogen-bond donors (Lipinski definition) is 3. The number of nitrogens with one attached hydrogen (secondary N) is 3. The third-order valence-corrected chi connectivity index (χ3v) is 6.79. The molecule has 36 heavy (non-hydrogen) atoms. The minimum absolute atomic E-state index is 0.181. The highest BCUT2D eigenvalue weighted by molar-refractivity contribution is 8.05. The molecule has 2 amide bonds. The number of halogens is 2. The van der Waals surface area contributed by atoms with Gasteiger partial charge >= 0.3 is 0 Å². The molecule has 7 nitrogen and oxygen atoms in total. The number of hydrogen-bond acceptors (Lipinski definition) is 6. The Balaban J connectivity index is 1.39. The van der Waals surface area contributed by atoms with Crippen molar-refractivity contribution in [1.29, 1.82) is 0 Å². The number of para-hydroxylation sites is 1. The fourth-order valence-corrected chi connectivity index (χ4v) is 4.82. The lowest BCUT2D eigenvalue weighted by Gasteiger charge is -2.15. The summed E-state index contributed by atoms with van der Waals surface area (Å²) in [5.74, 6) is 0.296. The zero-order valence-corrected chi connectivity index (χ0v) is 21.8. The molecule has 1 heterocycles. The lowest BCUT2D eigenvalue weighted by atomic mass is 10.2. The molecule has 1 aliphatic heterocycles. The molecule has 1 atom stereocenters. The van der Waals surface area contributed by atoms with Crippen LogP contribution in [0.4, 0.5) is 11.4 Å². The number of carbonyl (C=O) groups is 2. The van der Waals surface area contributed by atoms with Crippen molar-refractivity contribution in [2.45, 2.75) is 12.4 Å². The summed E-state index contributed by atoms with van der Waals surface area (Å²) in [6.07, 6.45) is 1.77. The zero-order chi connectivity index (χ0) is 25.7. The van der Waals surface area contributed by atoms with E-state index < -0.39 is 0 Å². The predicted molar refractivity (Wildman–Crippen MR) is 146 cm³/mol. The molecule has 0 saturated carbocycles. The number of carbonyl (C=O) groups excluding carboxylic acids is 2. The maximum atomic E-state index is 12.5. The highest BCUT2D eigenvalue weighted by Crippen LogP contribution is 2.34. The van der Waals surface area contributed by atoms with Crippen LogP contribution < -0.4 is 25.4 Å². The second-order valence-electron chi connectivity index (χ2n) is 7.81. The Bertz CT molecular complexity index is 1330. The third kappa shape index (κ3) is 6.46. The number of ether oxygens (including phenoxy) is 2. The van der Waals surface area contributed by atoms with Gasteiger partial charge in [-0.1, -0.05) is 53.2 Å². The van der Waals surface area contributed by atoms with Crippen LogP contribution in [0.5, 0.6) is 11.5 Å². The van der Waals surface area contributed by atoms with Crippen molar-refractivity contribution in [3.05, 3.63) is 86.7 Å². The molecule has 0 spiro atoms. The lowest BCUT2D eigenvalue weighted by Crippen LogP contribution is -2.31. The van der Waals surface area contributed by atoms with Gasteiger partial charge in [-0.3, -0.25) is 9.59 Å². The number of amides is 2. The summed E-state index contributed by atoms with van der Waals surface area (Å²) in [7, 11) is 1.51. The van der Waals surface area contributed by atoms with Gasteiger partial charge in [-0.05, 0) is 66.6 Å². The van der Waals surface area contributed by atoms with Crippen molar-refractivity contribution in [3.63, 3.8) is 0 Å². The van der Waals surface area contributed by atoms with Gasteiger partial charge in [0.1, 0.15) is 0 Å². The summed E-state index contributed by atoms with van der Waals surface area (Å²) < 4.78 is 11.1. The second kappa shape index (κ2) is 11.6. The van der Waals surface area contributed by atoms with E-state index in [0.717, 1.165) is 16.8 Å². The summed E-state index contributed by atoms with van der Waals surface area (Å²) in [5.41, 5.74) is 2.81. The van der Waals surface area contributed by atoms with Crippen molar-refractivity contribution >= 4 is 64.2 Å². The second-order valence-corrected chi connectivity index (χ2v) is 9.80. The first kappa shape index (κ1) is 25.8. The molecule has 1 aliphatic rings. The van der Waals surface area contributed by atoms with Gasteiger partial charge in [-0.2, -0.15) is 0 Å². The summed E-state index contributed by atoms with van der Waals surface area (Å²) >= 11 is 13.5. The normalized spacial score (nSPS) is 15.9. The predicted octanol–water partition coefficient (Wildman–Crippen LogP) is 5.93. The average molecular weight is 544 g/mol. The molecule has 3 N–H and O–H groups in total. The van der Waals surface area contributed by atoms with Crippen molar-refractivity contribution < 1.29 is 19.1 Å². The van der Waals surface area contributed by atoms with Crippen LogP contribution in [-0.4, -0.2) is 31.0 Å². The van der Waals surface area contributed by atoms with Gasteiger partial charge in [0.05, 0.1) is 22.7 Å². The molecule has 0 bridgehead atoms. The Hall–Kier alpha value is -3.33. The van der Waals surface area contributed by atoms with Crippen LogP contribution in [-0.2, 0) is 9.59 Å². The molecule has 10 heteroatoms. The molecule has 1 fully saturated rings.